The molecule has 1 heterocycles. The first-order valence-corrected chi connectivity index (χ1v) is 7.94. The monoisotopic (exact) mass is 319 g/mol. The average Bonchev–Trinajstić information content (AvgIpc) is 2.48. The van der Waals surface area contributed by atoms with Crippen LogP contribution in [-0.4, -0.2) is 31.0 Å². The van der Waals surface area contributed by atoms with Gasteiger partial charge in [-0.1, -0.05) is 13.8 Å². The Labute approximate surface area is 136 Å². The van der Waals surface area contributed by atoms with E-state index in [-0.39, 0.29) is 30.4 Å². The molecule has 1 atom stereocenters. The molecule has 1 aromatic rings. The van der Waals surface area contributed by atoms with Gasteiger partial charge in [-0.15, -0.1) is 0 Å². The predicted molar refractivity (Wildman–Crippen MR) is 89.2 cm³/mol. The highest BCUT2D eigenvalue weighted by Gasteiger charge is 2.36. The number of rotatable bonds is 6. The van der Waals surface area contributed by atoms with E-state index in [4.69, 9.17) is 10.5 Å². The van der Waals surface area contributed by atoms with E-state index in [0.717, 1.165) is 25.1 Å². The van der Waals surface area contributed by atoms with Crippen molar-refractivity contribution in [2.24, 2.45) is 11.1 Å². The minimum absolute atomic E-state index is 0.0166. The van der Waals surface area contributed by atoms with Gasteiger partial charge in [0.15, 0.2) is 0 Å². The van der Waals surface area contributed by atoms with Crippen LogP contribution in [0.15, 0.2) is 24.3 Å². The van der Waals surface area contributed by atoms with Crippen molar-refractivity contribution < 1.29 is 14.3 Å². The number of primary amides is 1. The maximum absolute atomic E-state index is 12.5. The van der Waals surface area contributed by atoms with E-state index in [1.54, 1.807) is 24.3 Å². The Bertz CT molecular complexity index is 555. The summed E-state index contributed by atoms with van der Waals surface area (Å²) in [5, 5.41) is 6.24. The Morgan fingerprint density at radius 1 is 1.35 bits per heavy atom. The van der Waals surface area contributed by atoms with Crippen LogP contribution < -0.4 is 21.1 Å². The topological polar surface area (TPSA) is 93.4 Å². The Balaban J connectivity index is 1.90. The van der Waals surface area contributed by atoms with Crippen LogP contribution in [0.2, 0.25) is 0 Å². The Hall–Kier alpha value is -2.08. The van der Waals surface area contributed by atoms with E-state index in [2.05, 4.69) is 24.5 Å². The molecule has 0 aliphatic carbocycles. The van der Waals surface area contributed by atoms with Crippen LogP contribution in [0.4, 0.5) is 5.69 Å². The predicted octanol–water partition coefficient (Wildman–Crippen LogP) is 1.66. The van der Waals surface area contributed by atoms with Crippen LogP contribution in [0.3, 0.4) is 0 Å². The van der Waals surface area contributed by atoms with Crippen LogP contribution in [0.5, 0.6) is 5.75 Å². The molecule has 0 aromatic heterocycles. The van der Waals surface area contributed by atoms with Crippen molar-refractivity contribution in [3.05, 3.63) is 24.3 Å². The summed E-state index contributed by atoms with van der Waals surface area (Å²) in [6.07, 6.45) is 2.31. The zero-order valence-electron chi connectivity index (χ0n) is 13.7. The highest BCUT2D eigenvalue weighted by Crippen LogP contribution is 2.30. The van der Waals surface area contributed by atoms with Gasteiger partial charge in [-0.05, 0) is 49.1 Å². The number of benzene rings is 1. The number of nitrogens with two attached hydrogens (primary N) is 1. The minimum atomic E-state index is -0.392. The fourth-order valence-electron chi connectivity index (χ4n) is 2.78. The average molecular weight is 319 g/mol. The van der Waals surface area contributed by atoms with Crippen LogP contribution in [0, 0.1) is 5.41 Å². The lowest BCUT2D eigenvalue weighted by molar-refractivity contribution is -0.121. The molecule has 6 nitrogen and oxygen atoms in total. The van der Waals surface area contributed by atoms with Gasteiger partial charge in [0.2, 0.25) is 11.8 Å². The maximum atomic E-state index is 12.5. The summed E-state index contributed by atoms with van der Waals surface area (Å²) >= 11 is 0. The number of amides is 2. The zero-order valence-corrected chi connectivity index (χ0v) is 13.7. The molecule has 1 aromatic carbocycles. The fraction of sp³-hybridized carbons (Fsp3) is 0.529. The summed E-state index contributed by atoms with van der Waals surface area (Å²) in [6, 6.07) is 6.90. The minimum Gasteiger partial charge on any atom is -0.493 e. The number of nitrogens with one attached hydrogen (secondary N) is 2. The van der Waals surface area contributed by atoms with Gasteiger partial charge in [0.1, 0.15) is 5.75 Å². The Morgan fingerprint density at radius 2 is 2.04 bits per heavy atom. The number of anilines is 1. The molecule has 1 unspecified atom stereocenters. The number of carbonyl (C=O) groups is 2. The smallest absolute Gasteiger partial charge is 0.242 e. The Kier molecular flexibility index (Phi) is 5.60. The van der Waals surface area contributed by atoms with Gasteiger partial charge in [-0.2, -0.15) is 0 Å². The van der Waals surface area contributed by atoms with Gasteiger partial charge in [0, 0.05) is 5.69 Å². The lowest BCUT2D eigenvalue weighted by Crippen LogP contribution is -2.53. The van der Waals surface area contributed by atoms with Crippen molar-refractivity contribution in [1.82, 2.24) is 5.32 Å². The van der Waals surface area contributed by atoms with Crippen molar-refractivity contribution in [2.75, 3.05) is 18.5 Å². The van der Waals surface area contributed by atoms with E-state index in [0.29, 0.717) is 5.75 Å². The van der Waals surface area contributed by atoms with Crippen molar-refractivity contribution in [3.8, 4) is 5.75 Å². The van der Waals surface area contributed by atoms with Gasteiger partial charge >= 0.3 is 0 Å². The number of ether oxygens (including phenoxy) is 1. The molecule has 1 fully saturated rings. The van der Waals surface area contributed by atoms with Crippen LogP contribution in [0.1, 0.15) is 33.1 Å². The lowest BCUT2D eigenvalue weighted by Gasteiger charge is -2.38. The molecule has 0 radical (unpaired) electrons. The van der Waals surface area contributed by atoms with Gasteiger partial charge in [0.25, 0.3) is 0 Å². The molecular formula is C17H25N3O3. The highest BCUT2D eigenvalue weighted by atomic mass is 16.5. The molecule has 1 saturated heterocycles. The SMILES string of the molecule is CC1(C)CCCNC1C(=O)Nc1ccc(OCCC(N)=O)cc1. The number of carbonyl (C=O) groups excluding carboxylic acids is 2. The van der Waals surface area contributed by atoms with Gasteiger partial charge in [0.05, 0.1) is 19.1 Å². The third-order valence-corrected chi connectivity index (χ3v) is 4.13. The van der Waals surface area contributed by atoms with Crippen LogP contribution in [0.25, 0.3) is 0 Å². The fourth-order valence-corrected chi connectivity index (χ4v) is 2.78. The third kappa shape index (κ3) is 4.96. The third-order valence-electron chi connectivity index (χ3n) is 4.13. The summed E-state index contributed by atoms with van der Waals surface area (Å²) in [6.45, 7) is 5.34. The standard InChI is InChI=1S/C17H25N3O3/c1-17(2)9-3-10-19-15(17)16(22)20-12-4-6-13(7-5-12)23-11-8-14(18)21/h4-7,15,19H,3,8-11H2,1-2H3,(H2,18,21)(H,20,22). The quantitative estimate of drug-likeness (QED) is 0.743. The van der Waals surface area contributed by atoms with E-state index >= 15 is 0 Å². The second-order valence-corrected chi connectivity index (χ2v) is 6.56. The molecule has 1 aliphatic heterocycles. The summed E-state index contributed by atoms with van der Waals surface area (Å²) in [5.74, 6) is 0.231. The van der Waals surface area contributed by atoms with Gasteiger partial charge in [-0.3, -0.25) is 9.59 Å². The van der Waals surface area contributed by atoms with Crippen LogP contribution >= 0.6 is 0 Å². The number of hydrogen-bond acceptors (Lipinski definition) is 4. The molecule has 6 heteroatoms. The molecule has 126 valence electrons. The molecule has 0 saturated carbocycles. The summed E-state index contributed by atoms with van der Waals surface area (Å²) < 4.78 is 5.40. The highest BCUT2D eigenvalue weighted by molar-refractivity contribution is 5.95. The largest absolute Gasteiger partial charge is 0.493 e. The van der Waals surface area contributed by atoms with E-state index < -0.39 is 5.91 Å². The first-order chi connectivity index (χ1) is 10.9. The molecule has 2 rings (SSSR count). The van der Waals surface area contributed by atoms with Gasteiger partial charge in [-0.25, -0.2) is 0 Å². The molecule has 0 bridgehead atoms. The molecule has 2 amide bonds. The van der Waals surface area contributed by atoms with E-state index in [1.165, 1.54) is 0 Å². The van der Waals surface area contributed by atoms with Crippen molar-refractivity contribution in [1.29, 1.82) is 0 Å². The maximum Gasteiger partial charge on any atom is 0.242 e. The molecule has 0 spiro atoms. The second-order valence-electron chi connectivity index (χ2n) is 6.56. The second kappa shape index (κ2) is 7.46. The molecule has 23 heavy (non-hydrogen) atoms. The normalized spacial score (nSPS) is 19.8. The molecular weight excluding hydrogens is 294 g/mol. The van der Waals surface area contributed by atoms with E-state index in [1.807, 2.05) is 0 Å². The lowest BCUT2D eigenvalue weighted by atomic mass is 9.77. The van der Waals surface area contributed by atoms with Crippen LogP contribution in [-0.2, 0) is 9.59 Å². The molecule has 1 aliphatic rings. The summed E-state index contributed by atoms with van der Waals surface area (Å²) in [5.41, 5.74) is 5.72. The Morgan fingerprint density at radius 3 is 2.65 bits per heavy atom. The van der Waals surface area contributed by atoms with Crippen molar-refractivity contribution in [3.63, 3.8) is 0 Å². The number of hydrogen-bond donors (Lipinski definition) is 3. The van der Waals surface area contributed by atoms with Crippen molar-refractivity contribution in [2.45, 2.75) is 39.2 Å². The summed E-state index contributed by atoms with van der Waals surface area (Å²) in [4.78, 5) is 23.1. The first-order valence-electron chi connectivity index (χ1n) is 7.94. The number of piperidine rings is 1. The first kappa shape index (κ1) is 17.3. The molecule has 4 N–H and O–H groups in total. The zero-order chi connectivity index (χ0) is 16.9. The van der Waals surface area contributed by atoms with Crippen molar-refractivity contribution >= 4 is 17.5 Å². The van der Waals surface area contributed by atoms with Gasteiger partial charge < -0.3 is 21.1 Å². The summed E-state index contributed by atoms with van der Waals surface area (Å²) in [7, 11) is 0. The van der Waals surface area contributed by atoms with E-state index in [9.17, 15) is 9.59 Å².